The number of hydrogen-bond donors (Lipinski definition) is 0. The van der Waals surface area contributed by atoms with Crippen molar-refractivity contribution >= 4 is 17.8 Å². The average molecular weight is 376 g/mol. The summed E-state index contributed by atoms with van der Waals surface area (Å²) in [6.45, 7) is 0. The summed E-state index contributed by atoms with van der Waals surface area (Å²) in [6, 6.07) is 19.0. The van der Waals surface area contributed by atoms with Crippen LogP contribution in [-0.4, -0.2) is 18.9 Å². The van der Waals surface area contributed by atoms with E-state index in [4.69, 9.17) is 9.47 Å². The summed E-state index contributed by atoms with van der Waals surface area (Å²) in [5.41, 5.74) is 1.05. The maximum Gasteiger partial charge on any atom is 0.346 e. The zero-order valence-electron chi connectivity index (χ0n) is 15.1. The molecule has 0 unspecified atom stereocenters. The lowest BCUT2D eigenvalue weighted by atomic mass is 10.1. The zero-order valence-corrected chi connectivity index (χ0v) is 15.1. The summed E-state index contributed by atoms with van der Waals surface area (Å²) < 4.78 is 24.0. The fourth-order valence-electron chi connectivity index (χ4n) is 2.49. The molecule has 0 N–H and O–H groups in total. The lowest BCUT2D eigenvalue weighted by Gasteiger charge is -2.06. The van der Waals surface area contributed by atoms with Crippen LogP contribution in [0.3, 0.4) is 0 Å². The molecule has 0 aromatic heterocycles. The van der Waals surface area contributed by atoms with Gasteiger partial charge in [0.2, 0.25) is 0 Å². The van der Waals surface area contributed by atoms with Gasteiger partial charge >= 0.3 is 5.97 Å². The van der Waals surface area contributed by atoms with Crippen molar-refractivity contribution in [3.63, 3.8) is 0 Å². The third-order valence-electron chi connectivity index (χ3n) is 3.96. The minimum absolute atomic E-state index is 0.141. The second-order valence-corrected chi connectivity index (χ2v) is 5.87. The Balaban J connectivity index is 1.70. The van der Waals surface area contributed by atoms with Crippen LogP contribution < -0.4 is 9.47 Å². The van der Waals surface area contributed by atoms with Gasteiger partial charge in [0.25, 0.3) is 0 Å². The quantitative estimate of drug-likeness (QED) is 0.264. The summed E-state index contributed by atoms with van der Waals surface area (Å²) >= 11 is 0. The zero-order chi connectivity index (χ0) is 19.9. The van der Waals surface area contributed by atoms with Gasteiger partial charge in [0.05, 0.1) is 12.7 Å². The number of ketones is 1. The van der Waals surface area contributed by atoms with E-state index in [1.807, 2.05) is 0 Å². The molecule has 0 bridgehead atoms. The van der Waals surface area contributed by atoms with E-state index in [2.05, 4.69) is 0 Å². The molecule has 140 valence electrons. The normalized spacial score (nSPS) is 10.6. The van der Waals surface area contributed by atoms with Gasteiger partial charge in [0.15, 0.2) is 5.78 Å². The van der Waals surface area contributed by atoms with Gasteiger partial charge in [0, 0.05) is 5.56 Å². The smallest absolute Gasteiger partial charge is 0.346 e. The van der Waals surface area contributed by atoms with E-state index in [1.165, 1.54) is 24.3 Å². The lowest BCUT2D eigenvalue weighted by molar-refractivity contribution is 0.0729. The minimum atomic E-state index is -0.784. The molecule has 0 fully saturated rings. The van der Waals surface area contributed by atoms with Crippen molar-refractivity contribution in [2.24, 2.45) is 0 Å². The van der Waals surface area contributed by atoms with Crippen molar-refractivity contribution in [1.29, 1.82) is 0 Å². The number of ether oxygens (including phenoxy) is 2. The van der Waals surface area contributed by atoms with Gasteiger partial charge in [-0.15, -0.1) is 0 Å². The van der Waals surface area contributed by atoms with Crippen LogP contribution in [0.4, 0.5) is 4.39 Å². The van der Waals surface area contributed by atoms with Crippen molar-refractivity contribution in [3.05, 3.63) is 101 Å². The van der Waals surface area contributed by atoms with E-state index < -0.39 is 11.8 Å². The average Bonchev–Trinajstić information content (AvgIpc) is 2.72. The van der Waals surface area contributed by atoms with E-state index in [0.717, 1.165) is 0 Å². The van der Waals surface area contributed by atoms with Crippen LogP contribution in [-0.2, 0) is 0 Å². The van der Waals surface area contributed by atoms with E-state index in [9.17, 15) is 14.0 Å². The molecular weight excluding hydrogens is 359 g/mol. The summed E-state index contributed by atoms with van der Waals surface area (Å²) in [4.78, 5) is 24.4. The molecule has 0 amide bonds. The van der Waals surface area contributed by atoms with Gasteiger partial charge in [-0.05, 0) is 60.2 Å². The maximum atomic E-state index is 13.7. The summed E-state index contributed by atoms with van der Waals surface area (Å²) in [5.74, 6) is -0.671. The number of carbonyl (C=O) groups excluding carboxylic acids is 2. The van der Waals surface area contributed by atoms with E-state index in [1.54, 1.807) is 67.8 Å². The molecule has 5 heteroatoms. The topological polar surface area (TPSA) is 52.6 Å². The summed E-state index contributed by atoms with van der Waals surface area (Å²) in [7, 11) is 1.56. The molecule has 3 aromatic rings. The van der Waals surface area contributed by atoms with Crippen molar-refractivity contribution in [1.82, 2.24) is 0 Å². The van der Waals surface area contributed by atoms with Crippen LogP contribution in [0.15, 0.2) is 78.9 Å². The Morgan fingerprint density at radius 3 is 2.36 bits per heavy atom. The molecule has 0 saturated carbocycles. The van der Waals surface area contributed by atoms with Crippen molar-refractivity contribution in [3.8, 4) is 11.5 Å². The number of carbonyl (C=O) groups is 2. The van der Waals surface area contributed by atoms with E-state index in [-0.39, 0.29) is 17.1 Å². The second kappa shape index (κ2) is 8.77. The first-order valence-corrected chi connectivity index (χ1v) is 8.50. The Hall–Kier alpha value is -3.73. The van der Waals surface area contributed by atoms with Gasteiger partial charge in [0.1, 0.15) is 17.3 Å². The molecule has 0 aliphatic rings. The van der Waals surface area contributed by atoms with Crippen molar-refractivity contribution in [2.45, 2.75) is 0 Å². The van der Waals surface area contributed by atoms with Crippen LogP contribution in [0.2, 0.25) is 0 Å². The Labute approximate surface area is 161 Å². The second-order valence-electron chi connectivity index (χ2n) is 5.87. The molecule has 0 saturated heterocycles. The van der Waals surface area contributed by atoms with Gasteiger partial charge in [-0.1, -0.05) is 30.3 Å². The molecular formula is C23H17FO4. The molecule has 0 aliphatic heterocycles. The standard InChI is InChI=1S/C23H17FO4/c1-27-18-12-10-17(11-13-18)22(25)14-9-16-5-4-6-19(15-16)28-23(26)20-7-2-3-8-21(20)24/h2-15H,1H3. The van der Waals surface area contributed by atoms with E-state index >= 15 is 0 Å². The first-order valence-electron chi connectivity index (χ1n) is 8.50. The summed E-state index contributed by atoms with van der Waals surface area (Å²) in [6.07, 6.45) is 3.05. The number of rotatable bonds is 6. The molecule has 0 radical (unpaired) electrons. The largest absolute Gasteiger partial charge is 0.497 e. The highest BCUT2D eigenvalue weighted by atomic mass is 19.1. The van der Waals surface area contributed by atoms with Crippen molar-refractivity contribution < 1.29 is 23.5 Å². The molecule has 0 aliphatic carbocycles. The highest BCUT2D eigenvalue weighted by molar-refractivity contribution is 6.06. The van der Waals surface area contributed by atoms with Gasteiger partial charge < -0.3 is 9.47 Å². The highest BCUT2D eigenvalue weighted by Crippen LogP contribution is 2.18. The number of allylic oxidation sites excluding steroid dienone is 1. The molecule has 0 atom stereocenters. The van der Waals surface area contributed by atoms with Crippen LogP contribution >= 0.6 is 0 Å². The fourth-order valence-corrected chi connectivity index (χ4v) is 2.49. The third-order valence-corrected chi connectivity index (χ3v) is 3.96. The van der Waals surface area contributed by atoms with Crippen LogP contribution in [0, 0.1) is 5.82 Å². The van der Waals surface area contributed by atoms with E-state index in [0.29, 0.717) is 16.9 Å². The lowest BCUT2D eigenvalue weighted by Crippen LogP contribution is -2.10. The number of esters is 1. The number of methoxy groups -OCH3 is 1. The monoisotopic (exact) mass is 376 g/mol. The van der Waals surface area contributed by atoms with Crippen LogP contribution in [0.1, 0.15) is 26.3 Å². The van der Waals surface area contributed by atoms with Crippen molar-refractivity contribution in [2.75, 3.05) is 7.11 Å². The molecule has 0 heterocycles. The molecule has 0 spiro atoms. The SMILES string of the molecule is COc1ccc(C(=O)C=Cc2cccc(OC(=O)c3ccccc3F)c2)cc1. The maximum absolute atomic E-state index is 13.7. The molecule has 3 aromatic carbocycles. The Morgan fingerprint density at radius 1 is 0.893 bits per heavy atom. The molecule has 3 rings (SSSR count). The molecule has 4 nitrogen and oxygen atoms in total. The number of hydrogen-bond acceptors (Lipinski definition) is 4. The van der Waals surface area contributed by atoms with Crippen LogP contribution in [0.25, 0.3) is 6.08 Å². The fraction of sp³-hybridized carbons (Fsp3) is 0.0435. The predicted molar refractivity (Wildman–Crippen MR) is 104 cm³/mol. The Bertz CT molecular complexity index is 1020. The predicted octanol–water partition coefficient (Wildman–Crippen LogP) is 4.95. The minimum Gasteiger partial charge on any atom is -0.497 e. The van der Waals surface area contributed by atoms with Gasteiger partial charge in [-0.2, -0.15) is 0 Å². The molecule has 28 heavy (non-hydrogen) atoms. The van der Waals surface area contributed by atoms with Crippen LogP contribution in [0.5, 0.6) is 11.5 Å². The first kappa shape index (κ1) is 19.0. The van der Waals surface area contributed by atoms with Gasteiger partial charge in [-0.3, -0.25) is 4.79 Å². The number of benzene rings is 3. The Kier molecular flexibility index (Phi) is 5.97. The highest BCUT2D eigenvalue weighted by Gasteiger charge is 2.13. The van der Waals surface area contributed by atoms with Gasteiger partial charge in [-0.25, -0.2) is 9.18 Å². The first-order chi connectivity index (χ1) is 13.6. The summed E-state index contributed by atoms with van der Waals surface area (Å²) in [5, 5.41) is 0. The number of halogens is 1. The third kappa shape index (κ3) is 4.71. The Morgan fingerprint density at radius 2 is 1.64 bits per heavy atom.